The minimum absolute atomic E-state index is 0.412. The van der Waals surface area contributed by atoms with Gasteiger partial charge in [0.25, 0.3) is 0 Å². The zero-order valence-corrected chi connectivity index (χ0v) is 13.1. The quantitative estimate of drug-likeness (QED) is 0.783. The summed E-state index contributed by atoms with van der Waals surface area (Å²) in [5.74, 6) is 1.09. The van der Waals surface area contributed by atoms with Crippen LogP contribution in [0.1, 0.15) is 17.8 Å². The van der Waals surface area contributed by atoms with E-state index in [0.29, 0.717) is 6.04 Å². The van der Waals surface area contributed by atoms with Crippen LogP contribution in [0.15, 0.2) is 37.1 Å². The van der Waals surface area contributed by atoms with Crippen molar-refractivity contribution in [3.05, 3.63) is 48.4 Å². The van der Waals surface area contributed by atoms with E-state index in [9.17, 15) is 0 Å². The van der Waals surface area contributed by atoms with Gasteiger partial charge in [-0.15, -0.1) is 0 Å². The molecule has 3 aromatic heterocycles. The lowest BCUT2D eigenvalue weighted by Crippen LogP contribution is -2.37. The molecule has 118 valence electrons. The van der Waals surface area contributed by atoms with E-state index in [1.54, 1.807) is 18.7 Å². The molecule has 23 heavy (non-hydrogen) atoms. The molecule has 0 amide bonds. The van der Waals surface area contributed by atoms with Crippen LogP contribution >= 0.6 is 0 Å². The Morgan fingerprint density at radius 1 is 1.30 bits per heavy atom. The van der Waals surface area contributed by atoms with Crippen molar-refractivity contribution in [1.82, 2.24) is 34.8 Å². The average molecular weight is 309 g/mol. The van der Waals surface area contributed by atoms with E-state index in [1.165, 1.54) is 5.56 Å². The predicted molar refractivity (Wildman–Crippen MR) is 85.4 cm³/mol. The van der Waals surface area contributed by atoms with Crippen LogP contribution < -0.4 is 5.32 Å². The van der Waals surface area contributed by atoms with Gasteiger partial charge in [0.15, 0.2) is 0 Å². The van der Waals surface area contributed by atoms with Gasteiger partial charge in [-0.2, -0.15) is 10.2 Å². The Balaban J connectivity index is 1.48. The first-order chi connectivity index (χ1) is 11.3. The minimum Gasteiger partial charge on any atom is -0.308 e. The zero-order valence-electron chi connectivity index (χ0n) is 13.1. The van der Waals surface area contributed by atoms with E-state index in [1.807, 2.05) is 28.5 Å². The summed E-state index contributed by atoms with van der Waals surface area (Å²) < 4.78 is 3.86. The molecule has 7 nitrogen and oxygen atoms in total. The van der Waals surface area contributed by atoms with E-state index in [2.05, 4.69) is 31.7 Å². The first-order valence-corrected chi connectivity index (χ1v) is 7.82. The molecule has 7 heteroatoms. The van der Waals surface area contributed by atoms with Gasteiger partial charge in [-0.1, -0.05) is 0 Å². The van der Waals surface area contributed by atoms with E-state index in [-0.39, 0.29) is 0 Å². The Hall–Kier alpha value is -2.54. The van der Waals surface area contributed by atoms with Crippen molar-refractivity contribution < 1.29 is 0 Å². The zero-order chi connectivity index (χ0) is 15.6. The first kappa shape index (κ1) is 14.1. The van der Waals surface area contributed by atoms with Crippen LogP contribution in [0.3, 0.4) is 0 Å². The second-order valence-electron chi connectivity index (χ2n) is 5.89. The third kappa shape index (κ3) is 2.87. The van der Waals surface area contributed by atoms with Crippen molar-refractivity contribution in [2.45, 2.75) is 32.0 Å². The number of aryl methyl sites for hydroxylation is 2. The van der Waals surface area contributed by atoms with Crippen molar-refractivity contribution >= 4 is 0 Å². The molecule has 0 radical (unpaired) electrons. The Bertz CT molecular complexity index is 790. The lowest BCUT2D eigenvalue weighted by Gasteiger charge is -2.23. The molecule has 4 rings (SSSR count). The number of pyridine rings is 1. The van der Waals surface area contributed by atoms with Gasteiger partial charge < -0.3 is 5.32 Å². The van der Waals surface area contributed by atoms with Crippen molar-refractivity contribution in [3.63, 3.8) is 0 Å². The molecule has 0 unspecified atom stereocenters. The van der Waals surface area contributed by atoms with Crippen LogP contribution in [-0.4, -0.2) is 35.6 Å². The first-order valence-electron chi connectivity index (χ1n) is 7.82. The molecule has 1 atom stereocenters. The van der Waals surface area contributed by atoms with Crippen LogP contribution in [0.2, 0.25) is 0 Å². The number of rotatable bonds is 4. The molecular formula is C16H19N7. The number of fused-ring (bicyclic) bond motifs is 1. The third-order valence-corrected chi connectivity index (χ3v) is 4.24. The van der Waals surface area contributed by atoms with Crippen molar-refractivity contribution in [3.8, 4) is 11.3 Å². The van der Waals surface area contributed by atoms with Gasteiger partial charge in [-0.3, -0.25) is 9.67 Å². The molecule has 1 aliphatic rings. The topological polar surface area (TPSA) is 73.5 Å². The van der Waals surface area contributed by atoms with Crippen LogP contribution in [0.4, 0.5) is 0 Å². The number of nitrogens with one attached hydrogen (secondary N) is 1. The van der Waals surface area contributed by atoms with Crippen molar-refractivity contribution in [2.75, 3.05) is 0 Å². The molecule has 0 saturated heterocycles. The van der Waals surface area contributed by atoms with Gasteiger partial charge in [0, 0.05) is 55.8 Å². The number of aromatic nitrogens is 6. The Kier molecular flexibility index (Phi) is 3.63. The summed E-state index contributed by atoms with van der Waals surface area (Å²) in [6.07, 6.45) is 9.38. The second kappa shape index (κ2) is 5.92. The molecule has 3 aromatic rings. The van der Waals surface area contributed by atoms with E-state index in [4.69, 9.17) is 0 Å². The maximum Gasteiger partial charge on any atom is 0.138 e. The van der Waals surface area contributed by atoms with Crippen LogP contribution in [0.5, 0.6) is 0 Å². The summed E-state index contributed by atoms with van der Waals surface area (Å²) in [7, 11) is 1.95. The molecule has 0 bridgehead atoms. The van der Waals surface area contributed by atoms with Gasteiger partial charge in [-0.05, 0) is 18.6 Å². The highest BCUT2D eigenvalue weighted by Gasteiger charge is 2.20. The molecule has 0 aliphatic carbocycles. The van der Waals surface area contributed by atoms with Gasteiger partial charge in [0.2, 0.25) is 0 Å². The van der Waals surface area contributed by atoms with Crippen LogP contribution in [-0.2, 0) is 26.6 Å². The van der Waals surface area contributed by atoms with E-state index < -0.39 is 0 Å². The summed E-state index contributed by atoms with van der Waals surface area (Å²) in [6.45, 7) is 1.67. The maximum atomic E-state index is 4.59. The monoisotopic (exact) mass is 309 g/mol. The smallest absolute Gasteiger partial charge is 0.138 e. The molecule has 0 fully saturated rings. The highest BCUT2D eigenvalue weighted by atomic mass is 15.3. The Labute approximate surface area is 134 Å². The number of nitrogens with zero attached hydrogens (tertiary/aromatic N) is 6. The van der Waals surface area contributed by atoms with Crippen LogP contribution in [0, 0.1) is 0 Å². The molecule has 1 aliphatic heterocycles. The van der Waals surface area contributed by atoms with Crippen molar-refractivity contribution in [1.29, 1.82) is 0 Å². The lowest BCUT2D eigenvalue weighted by molar-refractivity contribution is 0.358. The predicted octanol–water partition coefficient (Wildman–Crippen LogP) is 1.18. The largest absolute Gasteiger partial charge is 0.308 e. The number of hydrogen-bond acceptors (Lipinski definition) is 5. The van der Waals surface area contributed by atoms with Crippen LogP contribution in [0.25, 0.3) is 11.3 Å². The lowest BCUT2D eigenvalue weighted by atomic mass is 10.1. The molecule has 1 N–H and O–H groups in total. The molecule has 0 spiro atoms. The van der Waals surface area contributed by atoms with E-state index in [0.717, 1.165) is 43.0 Å². The van der Waals surface area contributed by atoms with Crippen molar-refractivity contribution in [2.24, 2.45) is 7.05 Å². The molecular weight excluding hydrogens is 290 g/mol. The van der Waals surface area contributed by atoms with Gasteiger partial charge in [-0.25, -0.2) is 9.67 Å². The summed E-state index contributed by atoms with van der Waals surface area (Å²) in [5, 5.41) is 12.5. The fourth-order valence-electron chi connectivity index (χ4n) is 3.08. The minimum atomic E-state index is 0.412. The Morgan fingerprint density at radius 3 is 3.04 bits per heavy atom. The fourth-order valence-corrected chi connectivity index (χ4v) is 3.08. The summed E-state index contributed by atoms with van der Waals surface area (Å²) in [5.41, 5.74) is 3.31. The maximum absolute atomic E-state index is 4.59. The normalized spacial score (nSPS) is 17.2. The number of hydrogen-bond donors (Lipinski definition) is 1. The van der Waals surface area contributed by atoms with E-state index >= 15 is 0 Å². The van der Waals surface area contributed by atoms with Gasteiger partial charge in [0.1, 0.15) is 12.2 Å². The average Bonchev–Trinajstić information content (AvgIpc) is 3.19. The Morgan fingerprint density at radius 2 is 2.17 bits per heavy atom. The highest BCUT2D eigenvalue weighted by Crippen LogP contribution is 2.21. The summed E-state index contributed by atoms with van der Waals surface area (Å²) in [4.78, 5) is 8.35. The fraction of sp³-hybridized carbons (Fsp3) is 0.375. The second-order valence-corrected chi connectivity index (χ2v) is 5.89. The molecule has 4 heterocycles. The SMILES string of the molecule is Cn1cc(CN[C@H]2CCc3ncnn3C2)c(-c2ccncc2)n1. The molecule has 0 saturated carbocycles. The summed E-state index contributed by atoms with van der Waals surface area (Å²) in [6, 6.07) is 4.40. The highest BCUT2D eigenvalue weighted by molar-refractivity contribution is 5.61. The standard InChI is InChI=1S/C16H19N7/c1-22-9-13(16(21-22)12-4-6-17-7-5-12)8-18-14-2-3-15-19-11-20-23(15)10-14/h4-7,9,11,14,18H,2-3,8,10H2,1H3/t14-/m0/s1. The molecule has 0 aromatic carbocycles. The van der Waals surface area contributed by atoms with Gasteiger partial charge >= 0.3 is 0 Å². The summed E-state index contributed by atoms with van der Waals surface area (Å²) >= 11 is 0. The van der Waals surface area contributed by atoms with Gasteiger partial charge in [0.05, 0.1) is 12.2 Å². The third-order valence-electron chi connectivity index (χ3n) is 4.24.